The minimum Gasteiger partial charge on any atom is -0.375 e. The zero-order valence-electron chi connectivity index (χ0n) is 18.1. The van der Waals surface area contributed by atoms with Gasteiger partial charge in [0.05, 0.1) is 19.3 Å². The van der Waals surface area contributed by atoms with Crippen molar-refractivity contribution in [3.05, 3.63) is 0 Å². The maximum absolute atomic E-state index is 12.1. The summed E-state index contributed by atoms with van der Waals surface area (Å²) in [6, 6.07) is 1.44. The smallest absolute Gasteiger partial charge is 0.248 e. The number of ether oxygens (including phenoxy) is 2. The van der Waals surface area contributed by atoms with Gasteiger partial charge in [-0.1, -0.05) is 0 Å². The molecule has 4 atom stereocenters. The minimum absolute atomic E-state index is 0.115. The third-order valence-electron chi connectivity index (χ3n) is 6.46. The first-order valence-corrected chi connectivity index (χ1v) is 12.1. The van der Waals surface area contributed by atoms with Gasteiger partial charge in [0.25, 0.3) is 0 Å². The van der Waals surface area contributed by atoms with Crippen molar-refractivity contribution in [2.24, 2.45) is 0 Å². The van der Waals surface area contributed by atoms with Gasteiger partial charge < -0.3 is 14.4 Å². The number of amides is 1. The summed E-state index contributed by atoms with van der Waals surface area (Å²) in [6.45, 7) is 16.0. The maximum atomic E-state index is 12.1. The lowest BCUT2D eigenvalue weighted by molar-refractivity contribution is -0.146. The van der Waals surface area contributed by atoms with E-state index in [2.05, 4.69) is 49.3 Å². The van der Waals surface area contributed by atoms with Crippen LogP contribution < -0.4 is 0 Å². The fourth-order valence-electron chi connectivity index (χ4n) is 4.67. The molecule has 3 heterocycles. The molecule has 0 aromatic heterocycles. The van der Waals surface area contributed by atoms with E-state index in [1.165, 1.54) is 25.3 Å². The third-order valence-corrected chi connectivity index (χ3v) is 7.69. The number of rotatable bonds is 7. The van der Waals surface area contributed by atoms with E-state index >= 15 is 0 Å². The van der Waals surface area contributed by atoms with E-state index in [1.54, 1.807) is 0 Å². The Morgan fingerprint density at radius 1 is 1.00 bits per heavy atom. The molecule has 0 bridgehead atoms. The predicted molar refractivity (Wildman–Crippen MR) is 115 cm³/mol. The summed E-state index contributed by atoms with van der Waals surface area (Å²) in [4.78, 5) is 19.3. The molecule has 3 aliphatic rings. The van der Waals surface area contributed by atoms with Crippen LogP contribution in [0.2, 0.25) is 0 Å². The van der Waals surface area contributed by atoms with Gasteiger partial charge in [0, 0.05) is 61.9 Å². The second-order valence-corrected chi connectivity index (χ2v) is 10.3. The van der Waals surface area contributed by atoms with E-state index in [-0.39, 0.29) is 24.7 Å². The summed E-state index contributed by atoms with van der Waals surface area (Å²) >= 11 is 2.15. The highest BCUT2D eigenvalue weighted by molar-refractivity contribution is 8.00. The Morgan fingerprint density at radius 2 is 1.82 bits per heavy atom. The molecule has 0 saturated carbocycles. The molecule has 0 aromatic rings. The predicted octanol–water partition coefficient (Wildman–Crippen LogP) is 1.93. The molecule has 28 heavy (non-hydrogen) atoms. The Bertz CT molecular complexity index is 507. The molecule has 0 aliphatic carbocycles. The fourth-order valence-corrected chi connectivity index (χ4v) is 6.06. The summed E-state index contributed by atoms with van der Waals surface area (Å²) < 4.78 is 11.3. The van der Waals surface area contributed by atoms with Crippen LogP contribution in [0.15, 0.2) is 0 Å². The number of hydrogen-bond donors (Lipinski definition) is 0. The van der Waals surface area contributed by atoms with Gasteiger partial charge in [-0.15, -0.1) is 0 Å². The molecular weight excluding hydrogens is 374 g/mol. The van der Waals surface area contributed by atoms with Crippen molar-refractivity contribution in [3.63, 3.8) is 0 Å². The molecule has 0 radical (unpaired) electrons. The Balaban J connectivity index is 1.46. The Morgan fingerprint density at radius 3 is 2.57 bits per heavy atom. The van der Waals surface area contributed by atoms with Crippen LogP contribution in [0.3, 0.4) is 0 Å². The molecule has 3 aliphatic heterocycles. The molecule has 3 rings (SSSR count). The Hall–Kier alpha value is -0.340. The topological polar surface area (TPSA) is 45.2 Å². The van der Waals surface area contributed by atoms with Gasteiger partial charge in [0.1, 0.15) is 6.61 Å². The van der Waals surface area contributed by atoms with E-state index in [4.69, 9.17) is 9.47 Å². The number of morpholine rings is 2. The van der Waals surface area contributed by atoms with Crippen molar-refractivity contribution >= 4 is 17.7 Å². The van der Waals surface area contributed by atoms with E-state index in [0.29, 0.717) is 25.2 Å². The number of carbonyl (C=O) groups excluding carboxylic acids is 1. The van der Waals surface area contributed by atoms with Crippen LogP contribution in [-0.4, -0.2) is 108 Å². The number of thioether (sulfide) groups is 1. The quantitative estimate of drug-likeness (QED) is 0.636. The van der Waals surface area contributed by atoms with Crippen molar-refractivity contribution in [1.82, 2.24) is 14.7 Å². The molecule has 4 unspecified atom stereocenters. The molecular formula is C21H39N3O3S. The van der Waals surface area contributed by atoms with Gasteiger partial charge in [-0.2, -0.15) is 11.8 Å². The molecule has 0 spiro atoms. The zero-order chi connectivity index (χ0) is 20.1. The van der Waals surface area contributed by atoms with Gasteiger partial charge in [-0.3, -0.25) is 14.6 Å². The molecule has 3 fully saturated rings. The molecule has 0 aromatic carbocycles. The van der Waals surface area contributed by atoms with Crippen LogP contribution in [0.5, 0.6) is 0 Å². The molecule has 1 amide bonds. The van der Waals surface area contributed by atoms with Gasteiger partial charge in [0.15, 0.2) is 0 Å². The molecule has 6 nitrogen and oxygen atoms in total. The summed E-state index contributed by atoms with van der Waals surface area (Å²) in [7, 11) is 0. The molecule has 162 valence electrons. The lowest BCUT2D eigenvalue weighted by Gasteiger charge is -2.42. The summed E-state index contributed by atoms with van der Waals surface area (Å²) in [6.07, 6.45) is 2.37. The van der Waals surface area contributed by atoms with E-state index in [0.717, 1.165) is 31.4 Å². The van der Waals surface area contributed by atoms with Crippen molar-refractivity contribution in [1.29, 1.82) is 0 Å². The lowest BCUT2D eigenvalue weighted by Crippen LogP contribution is -2.52. The fraction of sp³-hybridized carbons (Fsp3) is 0.952. The maximum Gasteiger partial charge on any atom is 0.248 e. The monoisotopic (exact) mass is 413 g/mol. The van der Waals surface area contributed by atoms with Gasteiger partial charge in [-0.05, 0) is 40.5 Å². The van der Waals surface area contributed by atoms with Crippen LogP contribution in [0.1, 0.15) is 40.5 Å². The number of carbonyl (C=O) groups is 1. The first kappa shape index (κ1) is 22.3. The average Bonchev–Trinajstić information content (AvgIpc) is 2.68. The highest BCUT2D eigenvalue weighted by atomic mass is 32.2. The summed E-state index contributed by atoms with van der Waals surface area (Å²) in [5.74, 6) is 1.37. The largest absolute Gasteiger partial charge is 0.375 e. The third kappa shape index (κ3) is 6.08. The molecule has 7 heteroatoms. The van der Waals surface area contributed by atoms with Gasteiger partial charge in [-0.25, -0.2) is 0 Å². The average molecular weight is 414 g/mol. The van der Waals surface area contributed by atoms with Crippen molar-refractivity contribution < 1.29 is 14.3 Å². The lowest BCUT2D eigenvalue weighted by atomic mass is 10.0. The SMILES string of the molecule is CC(C)N1CCSC(CC(C)N2CCOC(CC(C)N3CCOCC3=O)C2)C1. The highest BCUT2D eigenvalue weighted by Gasteiger charge is 2.31. The molecule has 3 saturated heterocycles. The highest BCUT2D eigenvalue weighted by Crippen LogP contribution is 2.26. The van der Waals surface area contributed by atoms with E-state index < -0.39 is 0 Å². The van der Waals surface area contributed by atoms with Crippen LogP contribution in [0.25, 0.3) is 0 Å². The van der Waals surface area contributed by atoms with Crippen LogP contribution in [0, 0.1) is 0 Å². The Labute approximate surface area is 175 Å². The summed E-state index contributed by atoms with van der Waals surface area (Å²) in [5, 5.41) is 0.734. The first-order chi connectivity index (χ1) is 13.4. The van der Waals surface area contributed by atoms with Crippen LogP contribution in [-0.2, 0) is 14.3 Å². The van der Waals surface area contributed by atoms with Crippen molar-refractivity contribution in [2.45, 2.75) is 70.0 Å². The van der Waals surface area contributed by atoms with E-state index in [1.807, 2.05) is 4.90 Å². The van der Waals surface area contributed by atoms with Crippen LogP contribution in [0.4, 0.5) is 0 Å². The Kier molecular flexibility index (Phi) is 8.47. The van der Waals surface area contributed by atoms with Crippen LogP contribution >= 0.6 is 11.8 Å². The zero-order valence-corrected chi connectivity index (χ0v) is 19.0. The van der Waals surface area contributed by atoms with Gasteiger partial charge in [0.2, 0.25) is 5.91 Å². The number of hydrogen-bond acceptors (Lipinski definition) is 6. The first-order valence-electron chi connectivity index (χ1n) is 11.0. The van der Waals surface area contributed by atoms with Crippen molar-refractivity contribution in [2.75, 3.05) is 58.3 Å². The minimum atomic E-state index is 0.115. The van der Waals surface area contributed by atoms with E-state index in [9.17, 15) is 4.79 Å². The molecule has 0 N–H and O–H groups in total. The second kappa shape index (κ2) is 10.6. The standard InChI is InChI=1S/C21H39N3O3S/c1-16(2)22-7-10-28-20(14-22)12-17(3)23-5-9-27-19(13-23)11-18(4)24-6-8-26-15-21(24)25/h16-20H,5-15H2,1-4H3. The normalized spacial score (nSPS) is 30.6. The summed E-state index contributed by atoms with van der Waals surface area (Å²) in [5.41, 5.74) is 0. The second-order valence-electron chi connectivity index (χ2n) is 8.88. The van der Waals surface area contributed by atoms with Gasteiger partial charge >= 0.3 is 0 Å². The van der Waals surface area contributed by atoms with Crippen molar-refractivity contribution in [3.8, 4) is 0 Å². The number of nitrogens with zero attached hydrogens (tertiary/aromatic N) is 3.